The number of aromatic nitrogens is 1. The Morgan fingerprint density at radius 1 is 1.08 bits per heavy atom. The van der Waals surface area contributed by atoms with Gasteiger partial charge >= 0.3 is 0 Å². The van der Waals surface area contributed by atoms with Crippen molar-refractivity contribution in [2.75, 3.05) is 5.75 Å². The predicted octanol–water partition coefficient (Wildman–Crippen LogP) is 5.58. The molecule has 136 valence electrons. The maximum absolute atomic E-state index is 13.1. The molecule has 0 N–H and O–H groups in total. The van der Waals surface area contributed by atoms with Crippen LogP contribution < -0.4 is 0 Å². The van der Waals surface area contributed by atoms with Crippen molar-refractivity contribution in [3.05, 3.63) is 59.6 Å². The van der Waals surface area contributed by atoms with Crippen LogP contribution in [0.5, 0.6) is 0 Å². The summed E-state index contributed by atoms with van der Waals surface area (Å²) < 4.78 is 32.0. The van der Waals surface area contributed by atoms with Gasteiger partial charge in [-0.3, -0.25) is 0 Å². The molecule has 0 bridgehead atoms. The summed E-state index contributed by atoms with van der Waals surface area (Å²) in [7, 11) is -3.81. The Hall–Kier alpha value is -1.76. The third-order valence-electron chi connectivity index (χ3n) is 3.51. The zero-order valence-corrected chi connectivity index (χ0v) is 16.7. The van der Waals surface area contributed by atoms with E-state index < -0.39 is 9.84 Å². The summed E-state index contributed by atoms with van der Waals surface area (Å²) >= 11 is 7.24. The first-order valence-electron chi connectivity index (χ1n) is 8.07. The van der Waals surface area contributed by atoms with Gasteiger partial charge in [0.2, 0.25) is 25.8 Å². The monoisotopic (exact) mass is 407 g/mol. The highest BCUT2D eigenvalue weighted by Gasteiger charge is 2.28. The number of thioether (sulfide) groups is 1. The van der Waals surface area contributed by atoms with Crippen molar-refractivity contribution < 1.29 is 12.8 Å². The van der Waals surface area contributed by atoms with Crippen LogP contribution in [0.15, 0.2) is 74.0 Å². The number of oxazole rings is 1. The Labute approximate surface area is 162 Å². The van der Waals surface area contributed by atoms with Gasteiger partial charge < -0.3 is 4.42 Å². The van der Waals surface area contributed by atoms with E-state index in [1.54, 1.807) is 12.1 Å². The molecule has 26 heavy (non-hydrogen) atoms. The third-order valence-corrected chi connectivity index (χ3v) is 6.95. The molecule has 0 radical (unpaired) electrons. The van der Waals surface area contributed by atoms with Crippen LogP contribution in [0.25, 0.3) is 11.5 Å². The lowest BCUT2D eigenvalue weighted by Gasteiger charge is -2.05. The molecule has 0 aliphatic heterocycles. The maximum Gasteiger partial charge on any atom is 0.228 e. The summed E-state index contributed by atoms with van der Waals surface area (Å²) in [4.78, 5) is 4.46. The van der Waals surface area contributed by atoms with Crippen molar-refractivity contribution in [3.8, 4) is 11.5 Å². The minimum atomic E-state index is -3.81. The number of sulfone groups is 1. The van der Waals surface area contributed by atoms with E-state index in [-0.39, 0.29) is 9.92 Å². The molecule has 0 spiro atoms. The molecule has 0 unspecified atom stereocenters. The van der Waals surface area contributed by atoms with E-state index in [1.165, 1.54) is 23.9 Å². The minimum absolute atomic E-state index is 0.0516. The topological polar surface area (TPSA) is 60.2 Å². The zero-order chi connectivity index (χ0) is 18.7. The summed E-state index contributed by atoms with van der Waals surface area (Å²) in [6, 6.07) is 15.3. The fourth-order valence-corrected chi connectivity index (χ4v) is 4.83. The second-order valence-corrected chi connectivity index (χ2v) is 9.43. The van der Waals surface area contributed by atoms with Crippen molar-refractivity contribution in [2.24, 2.45) is 5.92 Å². The van der Waals surface area contributed by atoms with Gasteiger partial charge in [-0.05, 0) is 42.3 Å². The number of rotatable bonds is 6. The summed E-state index contributed by atoms with van der Waals surface area (Å²) in [5.41, 5.74) is 0.733. The molecular weight excluding hydrogens is 390 g/mol. The lowest BCUT2D eigenvalue weighted by atomic mass is 10.2. The fraction of sp³-hybridized carbons (Fsp3) is 0.211. The number of hydrogen-bond acceptors (Lipinski definition) is 5. The molecule has 3 aromatic rings. The largest absolute Gasteiger partial charge is 0.428 e. The molecule has 0 fully saturated rings. The Kier molecular flexibility index (Phi) is 5.75. The van der Waals surface area contributed by atoms with Crippen LogP contribution in [0.2, 0.25) is 5.02 Å². The fourth-order valence-electron chi connectivity index (χ4n) is 2.23. The molecule has 2 aromatic carbocycles. The standard InChI is InChI=1S/C19H18ClNO3S2/c1-13(2)12-25-19-18(21-17(24-19)14-6-4-3-5-7-14)26(22,23)16-10-8-15(20)9-11-16/h3-11,13H,12H2,1-2H3. The van der Waals surface area contributed by atoms with E-state index in [2.05, 4.69) is 18.8 Å². The van der Waals surface area contributed by atoms with Crippen LogP contribution >= 0.6 is 23.4 Å². The van der Waals surface area contributed by atoms with Gasteiger partial charge in [0, 0.05) is 16.3 Å². The van der Waals surface area contributed by atoms with Gasteiger partial charge in [-0.1, -0.05) is 55.4 Å². The molecule has 1 aromatic heterocycles. The number of hydrogen-bond donors (Lipinski definition) is 0. The number of nitrogens with zero attached hydrogens (tertiary/aromatic N) is 1. The SMILES string of the molecule is CC(C)CSc1oc(-c2ccccc2)nc1S(=O)(=O)c1ccc(Cl)cc1. The van der Waals surface area contributed by atoms with E-state index >= 15 is 0 Å². The second kappa shape index (κ2) is 7.86. The van der Waals surface area contributed by atoms with Crippen LogP contribution in [0.1, 0.15) is 13.8 Å². The summed E-state index contributed by atoms with van der Waals surface area (Å²) in [5, 5.41) is 0.736. The van der Waals surface area contributed by atoms with Crippen molar-refractivity contribution in [1.82, 2.24) is 4.98 Å². The van der Waals surface area contributed by atoms with E-state index in [1.807, 2.05) is 30.3 Å². The third kappa shape index (κ3) is 4.14. The van der Waals surface area contributed by atoms with Crippen LogP contribution in [0, 0.1) is 5.92 Å². The van der Waals surface area contributed by atoms with Crippen LogP contribution in [0.3, 0.4) is 0 Å². The smallest absolute Gasteiger partial charge is 0.228 e. The van der Waals surface area contributed by atoms with Gasteiger partial charge in [-0.25, -0.2) is 8.42 Å². The highest BCUT2D eigenvalue weighted by molar-refractivity contribution is 8.00. The molecule has 1 heterocycles. The highest BCUT2D eigenvalue weighted by atomic mass is 35.5. The molecule has 0 aliphatic carbocycles. The van der Waals surface area contributed by atoms with E-state index in [4.69, 9.17) is 16.0 Å². The van der Waals surface area contributed by atoms with E-state index in [9.17, 15) is 8.42 Å². The summed E-state index contributed by atoms with van der Waals surface area (Å²) in [5.74, 6) is 1.41. The minimum Gasteiger partial charge on any atom is -0.428 e. The zero-order valence-electron chi connectivity index (χ0n) is 14.3. The normalized spacial score (nSPS) is 11.8. The molecule has 0 saturated carbocycles. The van der Waals surface area contributed by atoms with Crippen LogP contribution in [0.4, 0.5) is 0 Å². The second-order valence-electron chi connectivity index (χ2n) is 6.14. The molecule has 3 rings (SSSR count). The van der Waals surface area contributed by atoms with Crippen LogP contribution in [-0.2, 0) is 9.84 Å². The Morgan fingerprint density at radius 3 is 2.35 bits per heavy atom. The van der Waals surface area contributed by atoms with Gasteiger partial charge in [-0.15, -0.1) is 0 Å². The van der Waals surface area contributed by atoms with Gasteiger partial charge in [0.05, 0.1) is 4.90 Å². The summed E-state index contributed by atoms with van der Waals surface area (Å²) in [6.45, 7) is 4.13. The van der Waals surface area contributed by atoms with Gasteiger partial charge in [0.15, 0.2) is 0 Å². The Bertz CT molecular complexity index is 981. The average molecular weight is 408 g/mol. The average Bonchev–Trinajstić information content (AvgIpc) is 3.06. The predicted molar refractivity (Wildman–Crippen MR) is 104 cm³/mol. The van der Waals surface area contributed by atoms with Crippen molar-refractivity contribution >= 4 is 33.2 Å². The Morgan fingerprint density at radius 2 is 1.73 bits per heavy atom. The van der Waals surface area contributed by atoms with E-state index in [0.717, 1.165) is 11.3 Å². The van der Waals surface area contributed by atoms with Crippen LogP contribution in [-0.4, -0.2) is 19.2 Å². The first-order chi connectivity index (χ1) is 12.4. The quantitative estimate of drug-likeness (QED) is 0.499. The molecule has 7 heteroatoms. The van der Waals surface area contributed by atoms with E-state index in [0.29, 0.717) is 21.9 Å². The number of benzene rings is 2. The molecule has 0 saturated heterocycles. The van der Waals surface area contributed by atoms with Crippen molar-refractivity contribution in [1.29, 1.82) is 0 Å². The maximum atomic E-state index is 13.1. The summed E-state index contributed by atoms with van der Waals surface area (Å²) in [6.07, 6.45) is 0. The first-order valence-corrected chi connectivity index (χ1v) is 10.9. The molecule has 0 aliphatic rings. The molecular formula is C19H18ClNO3S2. The molecule has 0 atom stereocenters. The first kappa shape index (κ1) is 19.0. The lowest BCUT2D eigenvalue weighted by Crippen LogP contribution is -2.04. The molecule has 4 nitrogen and oxygen atoms in total. The Balaban J connectivity index is 2.08. The lowest BCUT2D eigenvalue weighted by molar-refractivity contribution is 0.469. The molecule has 0 amide bonds. The highest BCUT2D eigenvalue weighted by Crippen LogP contribution is 2.35. The van der Waals surface area contributed by atoms with Gasteiger partial charge in [-0.2, -0.15) is 4.98 Å². The van der Waals surface area contributed by atoms with Crippen molar-refractivity contribution in [3.63, 3.8) is 0 Å². The number of halogens is 1. The van der Waals surface area contributed by atoms with Crippen molar-refractivity contribution in [2.45, 2.75) is 28.9 Å². The van der Waals surface area contributed by atoms with Gasteiger partial charge in [0.25, 0.3) is 0 Å². The van der Waals surface area contributed by atoms with Gasteiger partial charge in [0.1, 0.15) is 0 Å².